The number of sulfone groups is 1. The van der Waals surface area contributed by atoms with Crippen molar-refractivity contribution in [2.45, 2.75) is 23.5 Å². The fraction of sp³-hybridized carbons (Fsp3) is 0.300. The molecule has 0 radical (unpaired) electrons. The number of aromatic amines is 1. The Hall–Kier alpha value is -1.28. The number of hydrogen-bond donors (Lipinski definition) is 1. The molecule has 1 unspecified atom stereocenters. The number of nitrogens with one attached hydrogen (secondary N) is 1. The molecule has 6 nitrogen and oxygen atoms in total. The van der Waals surface area contributed by atoms with E-state index < -0.39 is 15.1 Å². The minimum absolute atomic E-state index is 0.195. The maximum atomic E-state index is 12.4. The topological polar surface area (TPSA) is 88.6 Å². The van der Waals surface area contributed by atoms with Crippen LogP contribution >= 0.6 is 15.9 Å². The van der Waals surface area contributed by atoms with Crippen LogP contribution in [0, 0.1) is 0 Å². The molecule has 1 heterocycles. The maximum absolute atomic E-state index is 12.4. The lowest BCUT2D eigenvalue weighted by Crippen LogP contribution is -2.14. The fourth-order valence-electron chi connectivity index (χ4n) is 1.64. The molecular weight excluding hydrogens is 320 g/mol. The maximum Gasteiger partial charge on any atom is 0.192 e. The highest BCUT2D eigenvalue weighted by Crippen LogP contribution is 2.29. The van der Waals surface area contributed by atoms with Gasteiger partial charge in [-0.15, -0.1) is 10.2 Å². The quantitative estimate of drug-likeness (QED) is 0.924. The Morgan fingerprint density at radius 1 is 1.33 bits per heavy atom. The van der Waals surface area contributed by atoms with Crippen LogP contribution in [0.2, 0.25) is 0 Å². The summed E-state index contributed by atoms with van der Waals surface area (Å²) in [5.74, 6) is 0.195. The van der Waals surface area contributed by atoms with Gasteiger partial charge in [-0.3, -0.25) is 0 Å². The summed E-state index contributed by atoms with van der Waals surface area (Å²) in [6.45, 7) is 1.78. The van der Waals surface area contributed by atoms with Crippen molar-refractivity contribution in [2.24, 2.45) is 0 Å². The van der Waals surface area contributed by atoms with Gasteiger partial charge in [-0.2, -0.15) is 5.21 Å². The molecule has 2 aromatic rings. The van der Waals surface area contributed by atoms with Crippen LogP contribution in [0.15, 0.2) is 33.6 Å². The summed E-state index contributed by atoms with van der Waals surface area (Å²) in [7, 11) is -3.50. The molecule has 1 N–H and O–H groups in total. The first-order valence-electron chi connectivity index (χ1n) is 5.28. The zero-order valence-corrected chi connectivity index (χ0v) is 11.9. The van der Waals surface area contributed by atoms with Crippen LogP contribution in [-0.4, -0.2) is 29.0 Å². The average molecular weight is 331 g/mol. The largest absolute Gasteiger partial charge is 0.223 e. The Morgan fingerprint density at radius 2 is 2.00 bits per heavy atom. The van der Waals surface area contributed by atoms with Gasteiger partial charge in [0.05, 0.1) is 4.90 Å². The molecule has 2 rings (SSSR count). The SMILES string of the molecule is CCC(c1nn[nH]n1)S(=O)(=O)c1ccc(Br)cc1. The van der Waals surface area contributed by atoms with Crippen molar-refractivity contribution in [3.63, 3.8) is 0 Å². The van der Waals surface area contributed by atoms with Gasteiger partial charge >= 0.3 is 0 Å². The van der Waals surface area contributed by atoms with E-state index in [4.69, 9.17) is 0 Å². The van der Waals surface area contributed by atoms with Crippen molar-refractivity contribution in [1.29, 1.82) is 0 Å². The molecule has 0 saturated heterocycles. The Balaban J connectivity index is 2.44. The summed E-state index contributed by atoms with van der Waals surface area (Å²) in [6, 6.07) is 6.50. The number of aromatic nitrogens is 4. The zero-order chi connectivity index (χ0) is 13.2. The van der Waals surface area contributed by atoms with Gasteiger partial charge in [-0.1, -0.05) is 28.1 Å². The molecule has 18 heavy (non-hydrogen) atoms. The molecule has 0 aliphatic heterocycles. The highest BCUT2D eigenvalue weighted by Gasteiger charge is 2.30. The summed E-state index contributed by atoms with van der Waals surface area (Å²) < 4.78 is 25.7. The Morgan fingerprint density at radius 3 is 2.50 bits per heavy atom. The predicted molar refractivity (Wildman–Crippen MR) is 68.5 cm³/mol. The second-order valence-corrected chi connectivity index (χ2v) is 6.71. The first-order valence-corrected chi connectivity index (χ1v) is 7.62. The second-order valence-electron chi connectivity index (χ2n) is 3.67. The number of rotatable bonds is 4. The van der Waals surface area contributed by atoms with E-state index in [0.717, 1.165) is 4.47 Å². The van der Waals surface area contributed by atoms with E-state index in [-0.39, 0.29) is 10.7 Å². The summed E-state index contributed by atoms with van der Waals surface area (Å²) in [6.07, 6.45) is 0.387. The molecule has 0 spiro atoms. The molecule has 0 bridgehead atoms. The van der Waals surface area contributed by atoms with Gasteiger partial charge in [0.2, 0.25) is 0 Å². The van der Waals surface area contributed by atoms with Gasteiger partial charge in [0.25, 0.3) is 0 Å². The first kappa shape index (κ1) is 13.2. The van der Waals surface area contributed by atoms with Crippen LogP contribution in [0.5, 0.6) is 0 Å². The summed E-state index contributed by atoms with van der Waals surface area (Å²) >= 11 is 3.27. The summed E-state index contributed by atoms with van der Waals surface area (Å²) in [5, 5.41) is 12.4. The number of benzene rings is 1. The van der Waals surface area contributed by atoms with E-state index in [1.54, 1.807) is 31.2 Å². The Labute approximate surface area is 113 Å². The van der Waals surface area contributed by atoms with Crippen LogP contribution < -0.4 is 0 Å². The van der Waals surface area contributed by atoms with E-state index in [2.05, 4.69) is 36.6 Å². The van der Waals surface area contributed by atoms with Gasteiger partial charge in [0.15, 0.2) is 15.7 Å². The molecule has 96 valence electrons. The third-order valence-electron chi connectivity index (χ3n) is 2.54. The lowest BCUT2D eigenvalue weighted by atomic mass is 10.3. The van der Waals surface area contributed by atoms with Crippen LogP contribution in [-0.2, 0) is 9.84 Å². The minimum Gasteiger partial charge on any atom is -0.223 e. The number of nitrogens with zero attached hydrogens (tertiary/aromatic N) is 3. The Bertz CT molecular complexity index is 610. The van der Waals surface area contributed by atoms with E-state index in [0.29, 0.717) is 6.42 Å². The van der Waals surface area contributed by atoms with Gasteiger partial charge in [-0.25, -0.2) is 8.42 Å². The molecule has 0 aliphatic rings. The molecule has 1 aromatic carbocycles. The summed E-state index contributed by atoms with van der Waals surface area (Å²) in [4.78, 5) is 0.252. The standard InChI is InChI=1S/C10H11BrN4O2S/c1-2-9(10-12-14-15-13-10)18(16,17)8-5-3-7(11)4-6-8/h3-6,9H,2H2,1H3,(H,12,13,14,15). The van der Waals surface area contributed by atoms with E-state index in [1.165, 1.54) is 0 Å². The van der Waals surface area contributed by atoms with Crippen molar-refractivity contribution in [2.75, 3.05) is 0 Å². The van der Waals surface area contributed by atoms with E-state index >= 15 is 0 Å². The highest BCUT2D eigenvalue weighted by atomic mass is 79.9. The molecule has 0 aliphatic carbocycles. The monoisotopic (exact) mass is 330 g/mol. The van der Waals surface area contributed by atoms with E-state index in [9.17, 15) is 8.42 Å². The molecule has 0 saturated carbocycles. The Kier molecular flexibility index (Phi) is 3.76. The molecule has 1 aromatic heterocycles. The van der Waals surface area contributed by atoms with Crippen molar-refractivity contribution in [3.05, 3.63) is 34.6 Å². The number of tetrazole rings is 1. The number of halogens is 1. The van der Waals surface area contributed by atoms with Crippen LogP contribution in [0.25, 0.3) is 0 Å². The predicted octanol–water partition coefficient (Wildman–Crippen LogP) is 1.89. The lowest BCUT2D eigenvalue weighted by molar-refractivity contribution is 0.574. The third-order valence-corrected chi connectivity index (χ3v) is 5.29. The van der Waals surface area contributed by atoms with Crippen LogP contribution in [0.4, 0.5) is 0 Å². The van der Waals surface area contributed by atoms with Gasteiger partial charge in [-0.05, 0) is 30.7 Å². The highest BCUT2D eigenvalue weighted by molar-refractivity contribution is 9.10. The second kappa shape index (κ2) is 5.15. The van der Waals surface area contributed by atoms with Crippen molar-refractivity contribution in [3.8, 4) is 0 Å². The molecule has 0 fully saturated rings. The van der Waals surface area contributed by atoms with E-state index in [1.807, 2.05) is 0 Å². The zero-order valence-electron chi connectivity index (χ0n) is 9.54. The van der Waals surface area contributed by atoms with Gasteiger partial charge in [0, 0.05) is 4.47 Å². The van der Waals surface area contributed by atoms with Crippen molar-refractivity contribution < 1.29 is 8.42 Å². The normalized spacial score (nSPS) is 13.4. The van der Waals surface area contributed by atoms with Gasteiger partial charge in [0.1, 0.15) is 5.25 Å². The number of hydrogen-bond acceptors (Lipinski definition) is 5. The molecule has 0 amide bonds. The van der Waals surface area contributed by atoms with Crippen LogP contribution in [0.1, 0.15) is 24.4 Å². The molecular formula is C10H11BrN4O2S. The van der Waals surface area contributed by atoms with Crippen molar-refractivity contribution >= 4 is 25.8 Å². The van der Waals surface area contributed by atoms with Gasteiger partial charge < -0.3 is 0 Å². The smallest absolute Gasteiger partial charge is 0.192 e. The summed E-state index contributed by atoms with van der Waals surface area (Å²) in [5.41, 5.74) is 0. The fourth-order valence-corrected chi connectivity index (χ4v) is 3.56. The molecule has 1 atom stereocenters. The van der Waals surface area contributed by atoms with Crippen LogP contribution in [0.3, 0.4) is 0 Å². The number of H-pyrrole nitrogens is 1. The minimum atomic E-state index is -3.50. The third kappa shape index (κ3) is 2.44. The molecule has 8 heteroatoms. The van der Waals surface area contributed by atoms with Crippen molar-refractivity contribution in [1.82, 2.24) is 20.6 Å². The lowest BCUT2D eigenvalue weighted by Gasteiger charge is -2.12. The average Bonchev–Trinajstić information content (AvgIpc) is 2.84. The first-order chi connectivity index (χ1) is 8.55.